The largest absolute Gasteiger partial charge is 0.392 e. The first-order valence-corrected chi connectivity index (χ1v) is 5.09. The van der Waals surface area contributed by atoms with Crippen molar-refractivity contribution in [1.82, 2.24) is 4.90 Å². The van der Waals surface area contributed by atoms with Gasteiger partial charge in [-0.05, 0) is 38.3 Å². The van der Waals surface area contributed by atoms with E-state index in [1.165, 1.54) is 19.4 Å². The van der Waals surface area contributed by atoms with Gasteiger partial charge in [-0.25, -0.2) is 0 Å². The fourth-order valence-electron chi connectivity index (χ4n) is 1.68. The number of nitrogens with zero attached hydrogens (tertiary/aromatic N) is 1. The van der Waals surface area contributed by atoms with Crippen molar-refractivity contribution in [2.45, 2.75) is 39.2 Å². The smallest absolute Gasteiger partial charge is 0.0667 e. The lowest BCUT2D eigenvalue weighted by Gasteiger charge is -2.30. The zero-order valence-corrected chi connectivity index (χ0v) is 8.29. The minimum Gasteiger partial charge on any atom is -0.392 e. The van der Waals surface area contributed by atoms with E-state index in [9.17, 15) is 5.11 Å². The van der Waals surface area contributed by atoms with Crippen molar-refractivity contribution >= 4 is 0 Å². The van der Waals surface area contributed by atoms with Gasteiger partial charge < -0.3 is 10.0 Å². The van der Waals surface area contributed by atoms with Crippen LogP contribution in [0, 0.1) is 5.92 Å². The Morgan fingerprint density at radius 1 is 1.50 bits per heavy atom. The van der Waals surface area contributed by atoms with E-state index < -0.39 is 0 Å². The van der Waals surface area contributed by atoms with Crippen molar-refractivity contribution < 1.29 is 5.11 Å². The summed E-state index contributed by atoms with van der Waals surface area (Å²) in [7, 11) is 0. The van der Waals surface area contributed by atoms with Gasteiger partial charge in [-0.1, -0.05) is 13.8 Å². The molecule has 1 aliphatic heterocycles. The van der Waals surface area contributed by atoms with Crippen LogP contribution in [-0.2, 0) is 0 Å². The second-order valence-electron chi connectivity index (χ2n) is 4.28. The van der Waals surface area contributed by atoms with E-state index in [0.29, 0.717) is 0 Å². The maximum Gasteiger partial charge on any atom is 0.0667 e. The predicted molar refractivity (Wildman–Crippen MR) is 51.1 cm³/mol. The molecular formula is C10H21NO. The molecule has 1 fully saturated rings. The molecule has 1 saturated heterocycles. The molecule has 0 radical (unpaired) electrons. The van der Waals surface area contributed by atoms with Crippen LogP contribution in [-0.4, -0.2) is 35.7 Å². The molecule has 0 unspecified atom stereocenters. The first kappa shape index (κ1) is 10.0. The van der Waals surface area contributed by atoms with Gasteiger partial charge in [-0.15, -0.1) is 0 Å². The third-order valence-corrected chi connectivity index (χ3v) is 2.50. The lowest BCUT2D eigenvalue weighted by molar-refractivity contribution is 0.0683. The highest BCUT2D eigenvalue weighted by Crippen LogP contribution is 2.11. The van der Waals surface area contributed by atoms with E-state index in [2.05, 4.69) is 18.7 Å². The van der Waals surface area contributed by atoms with Gasteiger partial charge in [0, 0.05) is 6.54 Å². The predicted octanol–water partition coefficient (Wildman–Crippen LogP) is 1.49. The topological polar surface area (TPSA) is 23.5 Å². The van der Waals surface area contributed by atoms with Crippen LogP contribution in [0.25, 0.3) is 0 Å². The molecule has 0 bridgehead atoms. The molecule has 0 saturated carbocycles. The fourth-order valence-corrected chi connectivity index (χ4v) is 1.68. The van der Waals surface area contributed by atoms with E-state index in [1.54, 1.807) is 0 Å². The summed E-state index contributed by atoms with van der Waals surface area (Å²) >= 11 is 0. The van der Waals surface area contributed by atoms with E-state index in [-0.39, 0.29) is 6.10 Å². The van der Waals surface area contributed by atoms with Crippen LogP contribution >= 0.6 is 0 Å². The SMILES string of the molecule is CC(C)CCN1CCC[C@@H](O)C1. The summed E-state index contributed by atoms with van der Waals surface area (Å²) in [6.45, 7) is 7.74. The molecule has 2 nitrogen and oxygen atoms in total. The lowest BCUT2D eigenvalue weighted by Crippen LogP contribution is -2.39. The Hall–Kier alpha value is -0.0800. The molecule has 1 aliphatic rings. The second kappa shape index (κ2) is 4.83. The molecule has 2 heteroatoms. The molecule has 0 spiro atoms. The number of piperidine rings is 1. The van der Waals surface area contributed by atoms with Crippen molar-refractivity contribution in [3.8, 4) is 0 Å². The van der Waals surface area contributed by atoms with Crippen LogP contribution in [0.1, 0.15) is 33.1 Å². The zero-order chi connectivity index (χ0) is 8.97. The summed E-state index contributed by atoms with van der Waals surface area (Å²) in [5.74, 6) is 0.782. The highest BCUT2D eigenvalue weighted by Gasteiger charge is 2.16. The Balaban J connectivity index is 2.14. The van der Waals surface area contributed by atoms with Crippen LogP contribution in [0.4, 0.5) is 0 Å². The van der Waals surface area contributed by atoms with Gasteiger partial charge in [0.1, 0.15) is 0 Å². The van der Waals surface area contributed by atoms with Crippen LogP contribution in [0.2, 0.25) is 0 Å². The number of hydrogen-bond donors (Lipinski definition) is 1. The Kier molecular flexibility index (Phi) is 4.02. The van der Waals surface area contributed by atoms with Gasteiger partial charge in [0.05, 0.1) is 6.10 Å². The van der Waals surface area contributed by atoms with Gasteiger partial charge in [-0.3, -0.25) is 0 Å². The van der Waals surface area contributed by atoms with Gasteiger partial charge >= 0.3 is 0 Å². The fraction of sp³-hybridized carbons (Fsp3) is 1.00. The normalized spacial score (nSPS) is 26.5. The van der Waals surface area contributed by atoms with Gasteiger partial charge in [0.15, 0.2) is 0 Å². The molecule has 0 aromatic carbocycles. The van der Waals surface area contributed by atoms with Crippen LogP contribution in [0.15, 0.2) is 0 Å². The first-order valence-electron chi connectivity index (χ1n) is 5.09. The highest BCUT2D eigenvalue weighted by atomic mass is 16.3. The third kappa shape index (κ3) is 3.55. The van der Waals surface area contributed by atoms with Gasteiger partial charge in [-0.2, -0.15) is 0 Å². The molecule has 0 amide bonds. The summed E-state index contributed by atoms with van der Waals surface area (Å²) in [6.07, 6.45) is 3.36. The molecule has 72 valence electrons. The van der Waals surface area contributed by atoms with Crippen LogP contribution in [0.5, 0.6) is 0 Å². The van der Waals surface area contributed by atoms with Crippen LogP contribution in [0.3, 0.4) is 0 Å². The van der Waals surface area contributed by atoms with Crippen molar-refractivity contribution in [1.29, 1.82) is 0 Å². The average molecular weight is 171 g/mol. The number of β-amino-alcohol motifs (C(OH)–C–C–N with tert-alkyl or cyclic N) is 1. The minimum atomic E-state index is -0.0640. The number of aliphatic hydroxyl groups excluding tert-OH is 1. The molecule has 1 atom stereocenters. The second-order valence-corrected chi connectivity index (χ2v) is 4.28. The Labute approximate surface area is 75.6 Å². The number of likely N-dealkylation sites (tertiary alicyclic amines) is 1. The van der Waals surface area contributed by atoms with Crippen molar-refractivity contribution in [3.63, 3.8) is 0 Å². The molecule has 0 aromatic heterocycles. The van der Waals surface area contributed by atoms with Crippen molar-refractivity contribution in [2.75, 3.05) is 19.6 Å². The molecular weight excluding hydrogens is 150 g/mol. The molecule has 1 N–H and O–H groups in total. The quantitative estimate of drug-likeness (QED) is 0.695. The van der Waals surface area contributed by atoms with Crippen molar-refractivity contribution in [3.05, 3.63) is 0 Å². The maximum absolute atomic E-state index is 9.40. The summed E-state index contributed by atoms with van der Waals surface area (Å²) in [4.78, 5) is 2.38. The monoisotopic (exact) mass is 171 g/mol. The molecule has 12 heavy (non-hydrogen) atoms. The molecule has 1 rings (SSSR count). The molecule has 0 aromatic rings. The van der Waals surface area contributed by atoms with Crippen molar-refractivity contribution in [2.24, 2.45) is 5.92 Å². The Morgan fingerprint density at radius 2 is 2.25 bits per heavy atom. The van der Waals surface area contributed by atoms with E-state index in [0.717, 1.165) is 25.4 Å². The van der Waals surface area contributed by atoms with E-state index in [1.807, 2.05) is 0 Å². The standard InChI is InChI=1S/C10H21NO/c1-9(2)5-7-11-6-3-4-10(12)8-11/h9-10,12H,3-8H2,1-2H3/t10-/m1/s1. The summed E-state index contributed by atoms with van der Waals surface area (Å²) in [6, 6.07) is 0. The Bertz CT molecular complexity index is 125. The molecule has 0 aliphatic carbocycles. The van der Waals surface area contributed by atoms with Gasteiger partial charge in [0.2, 0.25) is 0 Å². The summed E-state index contributed by atoms with van der Waals surface area (Å²) in [5.41, 5.74) is 0. The van der Waals surface area contributed by atoms with E-state index in [4.69, 9.17) is 0 Å². The van der Waals surface area contributed by atoms with E-state index >= 15 is 0 Å². The number of hydrogen-bond acceptors (Lipinski definition) is 2. The summed E-state index contributed by atoms with van der Waals surface area (Å²) < 4.78 is 0. The first-order chi connectivity index (χ1) is 5.68. The van der Waals surface area contributed by atoms with Gasteiger partial charge in [0.25, 0.3) is 0 Å². The number of aliphatic hydroxyl groups is 1. The van der Waals surface area contributed by atoms with Crippen LogP contribution < -0.4 is 0 Å². The zero-order valence-electron chi connectivity index (χ0n) is 8.29. The third-order valence-electron chi connectivity index (χ3n) is 2.50. The average Bonchev–Trinajstić information content (AvgIpc) is 2.01. The maximum atomic E-state index is 9.40. The Morgan fingerprint density at radius 3 is 2.83 bits per heavy atom. The molecule has 1 heterocycles. The minimum absolute atomic E-state index is 0.0640. The summed E-state index contributed by atoms with van der Waals surface area (Å²) in [5, 5.41) is 9.40. The highest BCUT2D eigenvalue weighted by molar-refractivity contribution is 4.71. The number of rotatable bonds is 3. The lowest BCUT2D eigenvalue weighted by atomic mass is 10.1.